The second kappa shape index (κ2) is 6.71. The number of hydrogen-bond donors (Lipinski definition) is 2. The zero-order chi connectivity index (χ0) is 13.7. The Labute approximate surface area is 115 Å². The van der Waals surface area contributed by atoms with Crippen LogP contribution < -0.4 is 5.73 Å². The summed E-state index contributed by atoms with van der Waals surface area (Å²) in [6.07, 6.45) is 2.20. The van der Waals surface area contributed by atoms with Gasteiger partial charge in [0.15, 0.2) is 0 Å². The summed E-state index contributed by atoms with van der Waals surface area (Å²) in [6, 6.07) is 5.32. The zero-order valence-electron chi connectivity index (χ0n) is 11.3. The molecule has 0 radical (unpaired) electrons. The van der Waals surface area contributed by atoms with E-state index in [1.807, 2.05) is 26.1 Å². The molecule has 100 valence electrons. The zero-order valence-corrected chi connectivity index (χ0v) is 12.1. The van der Waals surface area contributed by atoms with E-state index >= 15 is 0 Å². The third-order valence-electron chi connectivity index (χ3n) is 3.05. The fourth-order valence-corrected chi connectivity index (χ4v) is 2.34. The Kier molecular flexibility index (Phi) is 5.56. The van der Waals surface area contributed by atoms with E-state index in [0.29, 0.717) is 4.99 Å². The van der Waals surface area contributed by atoms with Crippen LogP contribution in [0.5, 0.6) is 5.75 Å². The average Bonchev–Trinajstić information content (AvgIpc) is 2.30. The maximum atomic E-state index is 9.99. The molecule has 1 rings (SSSR count). The number of thiocarbonyl (C=S) groups is 1. The van der Waals surface area contributed by atoms with Crippen LogP contribution in [0.15, 0.2) is 18.2 Å². The lowest BCUT2D eigenvalue weighted by Gasteiger charge is -2.28. The Bertz CT molecular complexity index is 420. The third kappa shape index (κ3) is 3.68. The molecule has 0 bridgehead atoms. The first-order chi connectivity index (χ1) is 8.47. The van der Waals surface area contributed by atoms with Crippen molar-refractivity contribution in [2.75, 3.05) is 13.6 Å². The molecule has 0 fully saturated rings. The largest absolute Gasteiger partial charge is 0.508 e. The normalized spacial score (nSPS) is 12.7. The van der Waals surface area contributed by atoms with Crippen molar-refractivity contribution in [3.05, 3.63) is 29.3 Å². The van der Waals surface area contributed by atoms with Crippen LogP contribution in [0.2, 0.25) is 0 Å². The molecule has 0 aliphatic carbocycles. The predicted octanol–water partition coefficient (Wildman–Crippen LogP) is 2.76. The number of phenolic OH excluding ortho intramolecular Hbond substituents is 1. The molecule has 1 unspecified atom stereocenters. The molecule has 0 saturated heterocycles. The van der Waals surface area contributed by atoms with E-state index in [1.54, 1.807) is 6.07 Å². The van der Waals surface area contributed by atoms with Crippen molar-refractivity contribution in [1.82, 2.24) is 4.90 Å². The van der Waals surface area contributed by atoms with Crippen molar-refractivity contribution < 1.29 is 5.11 Å². The summed E-state index contributed by atoms with van der Waals surface area (Å²) in [5.74, 6) is 0.252. The van der Waals surface area contributed by atoms with Crippen molar-refractivity contribution >= 4 is 17.2 Å². The number of hydrogen-bond acceptors (Lipinski definition) is 3. The van der Waals surface area contributed by atoms with E-state index in [2.05, 4.69) is 11.8 Å². The second-order valence-corrected chi connectivity index (χ2v) is 5.17. The monoisotopic (exact) mass is 266 g/mol. The molecule has 3 nitrogen and oxygen atoms in total. The minimum absolute atomic E-state index is 0.202. The van der Waals surface area contributed by atoms with Gasteiger partial charge >= 0.3 is 0 Å². The van der Waals surface area contributed by atoms with Gasteiger partial charge < -0.3 is 10.8 Å². The number of unbranched alkanes of at least 4 members (excludes halogenated alkanes) is 1. The Morgan fingerprint density at radius 3 is 2.72 bits per heavy atom. The number of nitrogens with zero attached hydrogens (tertiary/aromatic N) is 1. The number of phenols is 1. The van der Waals surface area contributed by atoms with Crippen molar-refractivity contribution in [2.24, 2.45) is 5.73 Å². The van der Waals surface area contributed by atoms with Gasteiger partial charge in [-0.1, -0.05) is 43.3 Å². The number of likely N-dealkylation sites (N-methyl/N-ethyl adjacent to an activating group) is 1. The topological polar surface area (TPSA) is 49.5 Å². The fourth-order valence-electron chi connectivity index (χ4n) is 2.04. The molecule has 0 amide bonds. The summed E-state index contributed by atoms with van der Waals surface area (Å²) in [5.41, 5.74) is 7.72. The van der Waals surface area contributed by atoms with Crippen molar-refractivity contribution in [3.63, 3.8) is 0 Å². The van der Waals surface area contributed by atoms with E-state index in [4.69, 9.17) is 18.0 Å². The highest BCUT2D eigenvalue weighted by Crippen LogP contribution is 2.29. The lowest BCUT2D eigenvalue weighted by atomic mass is 10.0. The highest BCUT2D eigenvalue weighted by atomic mass is 32.1. The molecule has 0 spiro atoms. The third-order valence-corrected chi connectivity index (χ3v) is 3.28. The van der Waals surface area contributed by atoms with Gasteiger partial charge in [-0.05, 0) is 33.0 Å². The molecule has 0 aromatic heterocycles. The smallest absolute Gasteiger partial charge is 0.120 e. The Balaban J connectivity index is 3.04. The van der Waals surface area contributed by atoms with Gasteiger partial charge in [0.1, 0.15) is 5.75 Å². The molecular weight excluding hydrogens is 244 g/mol. The van der Waals surface area contributed by atoms with Gasteiger partial charge in [-0.3, -0.25) is 4.90 Å². The van der Waals surface area contributed by atoms with Crippen LogP contribution in [-0.4, -0.2) is 28.6 Å². The van der Waals surface area contributed by atoms with Gasteiger partial charge in [0.2, 0.25) is 0 Å². The van der Waals surface area contributed by atoms with E-state index in [0.717, 1.165) is 30.5 Å². The minimum atomic E-state index is -0.202. The van der Waals surface area contributed by atoms with Gasteiger partial charge in [-0.25, -0.2) is 0 Å². The van der Waals surface area contributed by atoms with Crippen LogP contribution in [0, 0.1) is 6.92 Å². The van der Waals surface area contributed by atoms with E-state index in [9.17, 15) is 5.11 Å². The van der Waals surface area contributed by atoms with Crippen molar-refractivity contribution in [1.29, 1.82) is 0 Å². The molecule has 1 atom stereocenters. The van der Waals surface area contributed by atoms with Gasteiger partial charge in [0.25, 0.3) is 0 Å². The van der Waals surface area contributed by atoms with Crippen LogP contribution in [-0.2, 0) is 0 Å². The lowest BCUT2D eigenvalue weighted by molar-refractivity contribution is 0.291. The number of aryl methyl sites for hydroxylation is 1. The predicted molar refractivity (Wildman–Crippen MR) is 79.9 cm³/mol. The summed E-state index contributed by atoms with van der Waals surface area (Å²) < 4.78 is 0. The van der Waals surface area contributed by atoms with Gasteiger partial charge in [0, 0.05) is 5.56 Å². The minimum Gasteiger partial charge on any atom is -0.508 e. The van der Waals surface area contributed by atoms with E-state index < -0.39 is 0 Å². The molecule has 0 aliphatic rings. The van der Waals surface area contributed by atoms with Gasteiger partial charge in [0.05, 0.1) is 11.0 Å². The van der Waals surface area contributed by atoms with E-state index in [1.165, 1.54) is 0 Å². The summed E-state index contributed by atoms with van der Waals surface area (Å²) in [7, 11) is 1.99. The van der Waals surface area contributed by atoms with Crippen LogP contribution in [0.3, 0.4) is 0 Å². The Morgan fingerprint density at radius 1 is 1.50 bits per heavy atom. The number of benzene rings is 1. The fraction of sp³-hybridized carbons (Fsp3) is 0.500. The SMILES string of the molecule is CCCCN(C)C(C(N)=S)c1cc(C)ccc1O. The first kappa shape index (κ1) is 14.9. The van der Waals surface area contributed by atoms with Crippen molar-refractivity contribution in [3.8, 4) is 5.75 Å². The molecule has 0 heterocycles. The molecular formula is C14H22N2OS. The van der Waals surface area contributed by atoms with Crippen molar-refractivity contribution in [2.45, 2.75) is 32.7 Å². The second-order valence-electron chi connectivity index (χ2n) is 4.70. The molecule has 1 aromatic carbocycles. The number of aromatic hydroxyl groups is 1. The van der Waals surface area contributed by atoms with E-state index in [-0.39, 0.29) is 11.8 Å². The molecule has 4 heteroatoms. The lowest BCUT2D eigenvalue weighted by Crippen LogP contribution is -2.34. The van der Waals surface area contributed by atoms with Gasteiger partial charge in [-0.15, -0.1) is 0 Å². The van der Waals surface area contributed by atoms with Crippen LogP contribution in [0.25, 0.3) is 0 Å². The average molecular weight is 266 g/mol. The first-order valence-electron chi connectivity index (χ1n) is 6.26. The maximum Gasteiger partial charge on any atom is 0.120 e. The first-order valence-corrected chi connectivity index (χ1v) is 6.67. The Hall–Kier alpha value is -1.13. The molecule has 1 aromatic rings. The number of nitrogens with two attached hydrogens (primary N) is 1. The Morgan fingerprint density at radius 2 is 2.17 bits per heavy atom. The summed E-state index contributed by atoms with van der Waals surface area (Å²) >= 11 is 5.15. The molecule has 3 N–H and O–H groups in total. The highest BCUT2D eigenvalue weighted by molar-refractivity contribution is 7.80. The summed E-state index contributed by atoms with van der Waals surface area (Å²) in [4.78, 5) is 2.50. The van der Waals surface area contributed by atoms with Gasteiger partial charge in [-0.2, -0.15) is 0 Å². The summed E-state index contributed by atoms with van der Waals surface area (Å²) in [6.45, 7) is 5.05. The summed E-state index contributed by atoms with van der Waals surface area (Å²) in [5, 5.41) is 9.99. The maximum absolute atomic E-state index is 9.99. The van der Waals surface area contributed by atoms with Crippen LogP contribution >= 0.6 is 12.2 Å². The standard InChI is InChI=1S/C14H22N2OS/c1-4-5-8-16(3)13(14(15)18)11-9-10(2)6-7-12(11)17/h6-7,9,13,17H,4-5,8H2,1-3H3,(H2,15,18). The highest BCUT2D eigenvalue weighted by Gasteiger charge is 2.22. The number of rotatable bonds is 6. The molecule has 0 aliphatic heterocycles. The molecule has 0 saturated carbocycles. The molecule has 18 heavy (non-hydrogen) atoms. The quantitative estimate of drug-likeness (QED) is 0.777. The van der Waals surface area contributed by atoms with Crippen LogP contribution in [0.4, 0.5) is 0 Å². The van der Waals surface area contributed by atoms with Crippen LogP contribution in [0.1, 0.15) is 36.9 Å².